The predicted octanol–water partition coefficient (Wildman–Crippen LogP) is 2.39. The highest BCUT2D eigenvalue weighted by molar-refractivity contribution is 5.77. The summed E-state index contributed by atoms with van der Waals surface area (Å²) in [6.45, 7) is 4.07. The van der Waals surface area contributed by atoms with Crippen LogP contribution in [0.15, 0.2) is 18.2 Å². The maximum Gasteiger partial charge on any atom is 0.258 e. The number of carbonyl (C=O) groups excluding carboxylic acids is 1. The van der Waals surface area contributed by atoms with Crippen LogP contribution in [-0.4, -0.2) is 32.8 Å². The second kappa shape index (κ2) is 8.30. The van der Waals surface area contributed by atoms with Crippen LogP contribution in [0.25, 0.3) is 0 Å². The number of carbonyl (C=O) groups is 1. The van der Waals surface area contributed by atoms with E-state index in [1.54, 1.807) is 32.4 Å². The molecule has 0 spiro atoms. The fourth-order valence-corrected chi connectivity index (χ4v) is 1.78. The summed E-state index contributed by atoms with van der Waals surface area (Å²) in [7, 11) is 3.14. The lowest BCUT2D eigenvalue weighted by atomic mass is 10.2. The minimum Gasteiger partial charge on any atom is -0.496 e. The first-order chi connectivity index (χ1) is 9.62. The van der Waals surface area contributed by atoms with Crippen molar-refractivity contribution in [3.8, 4) is 17.2 Å². The third-order valence-corrected chi connectivity index (χ3v) is 3.05. The Hall–Kier alpha value is -1.91. The summed E-state index contributed by atoms with van der Waals surface area (Å²) in [6, 6.07) is 5.38. The summed E-state index contributed by atoms with van der Waals surface area (Å²) in [5.41, 5.74) is 0. The molecule has 5 nitrogen and oxygen atoms in total. The summed E-state index contributed by atoms with van der Waals surface area (Å²) in [5.74, 6) is 1.67. The van der Waals surface area contributed by atoms with E-state index in [0.717, 1.165) is 12.8 Å². The molecular formula is C15H23NO4. The van der Waals surface area contributed by atoms with E-state index in [-0.39, 0.29) is 18.6 Å². The minimum absolute atomic E-state index is 0.0210. The van der Waals surface area contributed by atoms with Gasteiger partial charge in [-0.1, -0.05) is 13.8 Å². The van der Waals surface area contributed by atoms with Crippen molar-refractivity contribution >= 4 is 5.91 Å². The maximum atomic E-state index is 11.8. The molecule has 0 radical (unpaired) electrons. The molecule has 0 aromatic heterocycles. The van der Waals surface area contributed by atoms with Gasteiger partial charge in [0.1, 0.15) is 17.2 Å². The second-order valence-electron chi connectivity index (χ2n) is 4.42. The molecular weight excluding hydrogens is 258 g/mol. The molecule has 5 heteroatoms. The van der Waals surface area contributed by atoms with Crippen LogP contribution in [0.3, 0.4) is 0 Å². The Bertz CT molecular complexity index is 408. The van der Waals surface area contributed by atoms with Gasteiger partial charge in [0.05, 0.1) is 14.2 Å². The van der Waals surface area contributed by atoms with Crippen molar-refractivity contribution in [1.29, 1.82) is 0 Å². The zero-order chi connectivity index (χ0) is 15.0. The highest BCUT2D eigenvalue weighted by Gasteiger charge is 2.10. The van der Waals surface area contributed by atoms with Crippen molar-refractivity contribution in [1.82, 2.24) is 5.32 Å². The first kappa shape index (κ1) is 16.1. The molecule has 0 saturated heterocycles. The Morgan fingerprint density at radius 1 is 1.05 bits per heavy atom. The van der Waals surface area contributed by atoms with Crippen LogP contribution in [0, 0.1) is 0 Å². The Balaban J connectivity index is 2.58. The molecule has 20 heavy (non-hydrogen) atoms. The fraction of sp³-hybridized carbons (Fsp3) is 0.533. The number of amides is 1. The van der Waals surface area contributed by atoms with Crippen molar-refractivity contribution in [3.63, 3.8) is 0 Å². The molecule has 0 unspecified atom stereocenters. The Morgan fingerprint density at radius 2 is 1.55 bits per heavy atom. The van der Waals surface area contributed by atoms with Crippen LogP contribution in [0.4, 0.5) is 0 Å². The number of hydrogen-bond donors (Lipinski definition) is 1. The lowest BCUT2D eigenvalue weighted by Crippen LogP contribution is -2.37. The first-order valence-corrected chi connectivity index (χ1v) is 6.78. The number of benzene rings is 1. The first-order valence-electron chi connectivity index (χ1n) is 6.78. The van der Waals surface area contributed by atoms with Crippen LogP contribution >= 0.6 is 0 Å². The molecule has 0 saturated carbocycles. The van der Waals surface area contributed by atoms with Gasteiger partial charge in [0.2, 0.25) is 0 Å². The van der Waals surface area contributed by atoms with E-state index >= 15 is 0 Å². The minimum atomic E-state index is -0.125. The van der Waals surface area contributed by atoms with Crippen molar-refractivity contribution < 1.29 is 19.0 Å². The van der Waals surface area contributed by atoms with E-state index in [9.17, 15) is 4.79 Å². The molecule has 1 aromatic rings. The second-order valence-corrected chi connectivity index (χ2v) is 4.42. The fourth-order valence-electron chi connectivity index (χ4n) is 1.78. The van der Waals surface area contributed by atoms with E-state index in [4.69, 9.17) is 14.2 Å². The van der Waals surface area contributed by atoms with E-state index < -0.39 is 0 Å². The predicted molar refractivity (Wildman–Crippen MR) is 77.6 cm³/mol. The lowest BCUT2D eigenvalue weighted by Gasteiger charge is -2.15. The lowest BCUT2D eigenvalue weighted by molar-refractivity contribution is -0.123. The van der Waals surface area contributed by atoms with Gasteiger partial charge in [0.15, 0.2) is 6.61 Å². The molecule has 1 rings (SSSR count). The largest absolute Gasteiger partial charge is 0.496 e. The van der Waals surface area contributed by atoms with E-state index in [1.807, 2.05) is 13.8 Å². The quantitative estimate of drug-likeness (QED) is 0.795. The molecule has 0 atom stereocenters. The molecule has 0 fully saturated rings. The molecule has 0 aliphatic rings. The number of ether oxygens (including phenoxy) is 3. The average Bonchev–Trinajstić information content (AvgIpc) is 2.50. The summed E-state index contributed by atoms with van der Waals surface area (Å²) in [4.78, 5) is 11.8. The summed E-state index contributed by atoms with van der Waals surface area (Å²) in [5, 5.41) is 2.92. The molecule has 0 bridgehead atoms. The molecule has 1 aromatic carbocycles. The highest BCUT2D eigenvalue weighted by Crippen LogP contribution is 2.27. The smallest absolute Gasteiger partial charge is 0.258 e. The van der Waals surface area contributed by atoms with Crippen molar-refractivity contribution in [2.24, 2.45) is 0 Å². The third-order valence-electron chi connectivity index (χ3n) is 3.05. The summed E-state index contributed by atoms with van der Waals surface area (Å²) >= 11 is 0. The molecule has 1 amide bonds. The van der Waals surface area contributed by atoms with Gasteiger partial charge in [0.25, 0.3) is 5.91 Å². The zero-order valence-corrected chi connectivity index (χ0v) is 12.6. The number of hydrogen-bond acceptors (Lipinski definition) is 4. The van der Waals surface area contributed by atoms with Gasteiger partial charge in [-0.3, -0.25) is 4.79 Å². The normalized spacial score (nSPS) is 10.2. The number of methoxy groups -OCH3 is 2. The molecule has 112 valence electrons. The van der Waals surface area contributed by atoms with E-state index in [0.29, 0.717) is 17.2 Å². The molecule has 0 aliphatic carbocycles. The maximum absolute atomic E-state index is 11.8. The van der Waals surface area contributed by atoms with Crippen LogP contribution in [0.1, 0.15) is 26.7 Å². The Morgan fingerprint density at radius 3 is 2.00 bits per heavy atom. The van der Waals surface area contributed by atoms with Crippen molar-refractivity contribution in [3.05, 3.63) is 18.2 Å². The van der Waals surface area contributed by atoms with Crippen LogP contribution < -0.4 is 19.5 Å². The van der Waals surface area contributed by atoms with Crippen LogP contribution in [-0.2, 0) is 4.79 Å². The average molecular weight is 281 g/mol. The monoisotopic (exact) mass is 281 g/mol. The SMILES string of the molecule is CCC(CC)NC(=O)COc1cc(OC)cc(OC)c1. The van der Waals surface area contributed by atoms with Gasteiger partial charge >= 0.3 is 0 Å². The van der Waals surface area contributed by atoms with Crippen LogP contribution in [0.2, 0.25) is 0 Å². The van der Waals surface area contributed by atoms with Gasteiger partial charge in [-0.05, 0) is 12.8 Å². The molecule has 1 N–H and O–H groups in total. The van der Waals surface area contributed by atoms with Gasteiger partial charge in [-0.15, -0.1) is 0 Å². The number of nitrogens with one attached hydrogen (secondary N) is 1. The standard InChI is InChI=1S/C15H23NO4/c1-5-11(6-2)16-15(17)10-20-14-8-12(18-3)7-13(9-14)19-4/h7-9,11H,5-6,10H2,1-4H3,(H,16,17). The summed E-state index contributed by atoms with van der Waals surface area (Å²) in [6.07, 6.45) is 1.82. The van der Waals surface area contributed by atoms with Crippen molar-refractivity contribution in [2.45, 2.75) is 32.7 Å². The summed E-state index contributed by atoms with van der Waals surface area (Å²) < 4.78 is 15.8. The number of rotatable bonds is 8. The van der Waals surface area contributed by atoms with Gasteiger partial charge in [-0.25, -0.2) is 0 Å². The topological polar surface area (TPSA) is 56.8 Å². The Kier molecular flexibility index (Phi) is 6.70. The van der Waals surface area contributed by atoms with Gasteiger partial charge in [0, 0.05) is 24.2 Å². The van der Waals surface area contributed by atoms with Gasteiger partial charge in [-0.2, -0.15) is 0 Å². The van der Waals surface area contributed by atoms with E-state index in [2.05, 4.69) is 5.32 Å². The highest BCUT2D eigenvalue weighted by atomic mass is 16.5. The van der Waals surface area contributed by atoms with Gasteiger partial charge < -0.3 is 19.5 Å². The van der Waals surface area contributed by atoms with E-state index in [1.165, 1.54) is 0 Å². The zero-order valence-electron chi connectivity index (χ0n) is 12.6. The molecule has 0 heterocycles. The molecule has 0 aliphatic heterocycles. The van der Waals surface area contributed by atoms with Crippen LogP contribution in [0.5, 0.6) is 17.2 Å². The third kappa shape index (κ3) is 4.99. The Labute approximate surface area is 120 Å². The van der Waals surface area contributed by atoms with Crippen molar-refractivity contribution in [2.75, 3.05) is 20.8 Å².